The lowest BCUT2D eigenvalue weighted by Crippen LogP contribution is -2.44. The minimum Gasteiger partial charge on any atom is -0.444 e. The van der Waals surface area contributed by atoms with Gasteiger partial charge in [-0.15, -0.1) is 11.6 Å². The van der Waals surface area contributed by atoms with E-state index in [0.29, 0.717) is 6.42 Å². The van der Waals surface area contributed by atoms with Crippen LogP contribution >= 0.6 is 11.6 Å². The summed E-state index contributed by atoms with van der Waals surface area (Å²) in [5.74, 6) is -0.268. The van der Waals surface area contributed by atoms with E-state index in [-0.39, 0.29) is 11.7 Å². The van der Waals surface area contributed by atoms with Crippen LogP contribution in [-0.2, 0) is 9.53 Å². The van der Waals surface area contributed by atoms with Crippen LogP contribution in [0.15, 0.2) is 0 Å². The topological polar surface area (TPSA) is 55.4 Å². The molecular formula is C12H22ClNO3. The van der Waals surface area contributed by atoms with Gasteiger partial charge in [-0.3, -0.25) is 4.79 Å². The Hall–Kier alpha value is -0.770. The molecule has 1 amide bonds. The predicted molar refractivity (Wildman–Crippen MR) is 68.4 cm³/mol. The van der Waals surface area contributed by atoms with Crippen LogP contribution in [-0.4, -0.2) is 29.4 Å². The van der Waals surface area contributed by atoms with Crippen LogP contribution in [0, 0.1) is 0 Å². The normalized spacial score (nSPS) is 13.0. The number of unbranched alkanes of at least 4 members (excludes halogenated alkanes) is 1. The molecule has 0 rings (SSSR count). The molecule has 0 aliphatic rings. The summed E-state index contributed by atoms with van der Waals surface area (Å²) in [6.45, 7) is 7.35. The zero-order valence-corrected chi connectivity index (χ0v) is 11.8. The largest absolute Gasteiger partial charge is 0.444 e. The fourth-order valence-electron chi connectivity index (χ4n) is 1.26. The van der Waals surface area contributed by atoms with E-state index in [2.05, 4.69) is 5.32 Å². The Morgan fingerprint density at radius 3 is 2.35 bits per heavy atom. The van der Waals surface area contributed by atoms with Crippen molar-refractivity contribution >= 4 is 23.5 Å². The molecule has 0 fully saturated rings. The van der Waals surface area contributed by atoms with Crippen LogP contribution in [0.2, 0.25) is 0 Å². The molecule has 0 aromatic carbocycles. The molecule has 0 saturated carbocycles. The number of carbonyl (C=O) groups excluding carboxylic acids is 2. The van der Waals surface area contributed by atoms with Crippen molar-refractivity contribution in [1.29, 1.82) is 0 Å². The highest BCUT2D eigenvalue weighted by Crippen LogP contribution is 2.09. The van der Waals surface area contributed by atoms with Gasteiger partial charge in [0.05, 0.1) is 11.9 Å². The summed E-state index contributed by atoms with van der Waals surface area (Å²) in [6.07, 6.45) is 1.85. The van der Waals surface area contributed by atoms with Crippen LogP contribution in [0.25, 0.3) is 0 Å². The molecular weight excluding hydrogens is 242 g/mol. The lowest BCUT2D eigenvalue weighted by molar-refractivity contribution is -0.118. The third-order valence-corrected chi connectivity index (χ3v) is 2.32. The zero-order valence-electron chi connectivity index (χ0n) is 11.0. The Kier molecular flexibility index (Phi) is 7.19. The first-order chi connectivity index (χ1) is 7.80. The highest BCUT2D eigenvalue weighted by molar-refractivity contribution is 6.28. The second kappa shape index (κ2) is 7.54. The molecule has 1 atom stereocenters. The van der Waals surface area contributed by atoms with Crippen molar-refractivity contribution in [2.45, 2.75) is 58.6 Å². The maximum atomic E-state index is 11.5. The van der Waals surface area contributed by atoms with Crippen molar-refractivity contribution in [3.05, 3.63) is 0 Å². The van der Waals surface area contributed by atoms with Crippen LogP contribution in [0.4, 0.5) is 4.79 Å². The lowest BCUT2D eigenvalue weighted by atomic mass is 10.1. The fourth-order valence-corrected chi connectivity index (χ4v) is 1.45. The van der Waals surface area contributed by atoms with Gasteiger partial charge in [0, 0.05) is 0 Å². The number of amides is 1. The van der Waals surface area contributed by atoms with Crippen molar-refractivity contribution in [1.82, 2.24) is 5.32 Å². The minimum absolute atomic E-state index is 0.0931. The van der Waals surface area contributed by atoms with E-state index in [9.17, 15) is 9.59 Å². The van der Waals surface area contributed by atoms with Crippen molar-refractivity contribution in [3.8, 4) is 0 Å². The summed E-state index contributed by atoms with van der Waals surface area (Å²) in [7, 11) is 0. The van der Waals surface area contributed by atoms with Gasteiger partial charge in [0.1, 0.15) is 5.60 Å². The molecule has 0 aliphatic carbocycles. The highest BCUT2D eigenvalue weighted by Gasteiger charge is 2.23. The number of ether oxygens (including phenoxy) is 1. The van der Waals surface area contributed by atoms with Crippen molar-refractivity contribution in [2.24, 2.45) is 0 Å². The molecule has 0 radical (unpaired) electrons. The third kappa shape index (κ3) is 8.02. The van der Waals surface area contributed by atoms with Gasteiger partial charge in [-0.1, -0.05) is 19.8 Å². The number of carbonyl (C=O) groups is 2. The molecule has 0 aromatic rings. The Labute approximate surface area is 108 Å². The average molecular weight is 264 g/mol. The summed E-state index contributed by atoms with van der Waals surface area (Å²) in [4.78, 5) is 23.0. The Morgan fingerprint density at radius 1 is 1.35 bits per heavy atom. The molecule has 100 valence electrons. The SMILES string of the molecule is CCCCC(NC(=O)OC(C)(C)C)C(=O)CCl. The standard InChI is InChI=1S/C12H22ClNO3/c1-5-6-7-9(10(15)8-13)14-11(16)17-12(2,3)4/h9H,5-8H2,1-4H3,(H,14,16). The molecule has 1 unspecified atom stereocenters. The molecule has 0 bridgehead atoms. The van der Waals surface area contributed by atoms with Gasteiger partial charge in [0.25, 0.3) is 0 Å². The second-order valence-corrected chi connectivity index (χ2v) is 5.21. The summed E-state index contributed by atoms with van der Waals surface area (Å²) in [6, 6.07) is -0.540. The summed E-state index contributed by atoms with van der Waals surface area (Å²) < 4.78 is 5.10. The molecule has 0 aliphatic heterocycles. The summed E-state index contributed by atoms with van der Waals surface area (Å²) >= 11 is 5.50. The molecule has 0 aromatic heterocycles. The Balaban J connectivity index is 4.32. The first-order valence-electron chi connectivity index (χ1n) is 5.88. The first kappa shape index (κ1) is 16.2. The summed E-state index contributed by atoms with van der Waals surface area (Å²) in [5, 5.41) is 2.56. The van der Waals surface area contributed by atoms with Crippen LogP contribution in [0.5, 0.6) is 0 Å². The van der Waals surface area contributed by atoms with E-state index in [1.165, 1.54) is 0 Å². The van der Waals surface area contributed by atoms with Crippen LogP contribution in [0.3, 0.4) is 0 Å². The van der Waals surface area contributed by atoms with E-state index in [4.69, 9.17) is 16.3 Å². The summed E-state index contributed by atoms with van der Waals surface area (Å²) in [5.41, 5.74) is -0.566. The fraction of sp³-hybridized carbons (Fsp3) is 0.833. The number of Topliss-reactive ketones (excluding diaryl/α,β-unsaturated/α-hetero) is 1. The molecule has 17 heavy (non-hydrogen) atoms. The van der Waals surface area contributed by atoms with E-state index in [1.54, 1.807) is 20.8 Å². The van der Waals surface area contributed by atoms with E-state index in [1.807, 2.05) is 6.92 Å². The van der Waals surface area contributed by atoms with Gasteiger partial charge in [0.15, 0.2) is 5.78 Å². The van der Waals surface area contributed by atoms with Gasteiger partial charge in [0.2, 0.25) is 0 Å². The number of alkyl carbamates (subject to hydrolysis) is 1. The number of hydrogen-bond donors (Lipinski definition) is 1. The highest BCUT2D eigenvalue weighted by atomic mass is 35.5. The van der Waals surface area contributed by atoms with Gasteiger partial charge in [-0.2, -0.15) is 0 Å². The zero-order chi connectivity index (χ0) is 13.5. The molecule has 0 heterocycles. The molecule has 1 N–H and O–H groups in total. The number of nitrogens with one attached hydrogen (secondary N) is 1. The Bertz CT molecular complexity index is 261. The second-order valence-electron chi connectivity index (χ2n) is 4.94. The van der Waals surface area contributed by atoms with E-state index in [0.717, 1.165) is 12.8 Å². The third-order valence-electron chi connectivity index (χ3n) is 2.06. The molecule has 0 saturated heterocycles. The van der Waals surface area contributed by atoms with E-state index >= 15 is 0 Å². The first-order valence-corrected chi connectivity index (χ1v) is 6.41. The lowest BCUT2D eigenvalue weighted by Gasteiger charge is -2.22. The van der Waals surface area contributed by atoms with Gasteiger partial charge < -0.3 is 10.1 Å². The quantitative estimate of drug-likeness (QED) is 0.750. The van der Waals surface area contributed by atoms with Gasteiger partial charge >= 0.3 is 6.09 Å². The number of halogens is 1. The Morgan fingerprint density at radius 2 is 1.94 bits per heavy atom. The molecule has 5 heteroatoms. The predicted octanol–water partition coefficient (Wildman–Crippen LogP) is 2.88. The number of alkyl halides is 1. The maximum Gasteiger partial charge on any atom is 0.408 e. The minimum atomic E-state index is -0.572. The monoisotopic (exact) mass is 263 g/mol. The van der Waals surface area contributed by atoms with Gasteiger partial charge in [-0.25, -0.2) is 4.79 Å². The van der Waals surface area contributed by atoms with Gasteiger partial charge in [-0.05, 0) is 27.2 Å². The average Bonchev–Trinajstić information content (AvgIpc) is 2.20. The number of rotatable bonds is 6. The maximum absolute atomic E-state index is 11.5. The molecule has 4 nitrogen and oxygen atoms in total. The van der Waals surface area contributed by atoms with Crippen molar-refractivity contribution in [3.63, 3.8) is 0 Å². The number of hydrogen-bond acceptors (Lipinski definition) is 3. The van der Waals surface area contributed by atoms with Crippen molar-refractivity contribution < 1.29 is 14.3 Å². The van der Waals surface area contributed by atoms with Crippen LogP contribution < -0.4 is 5.32 Å². The number of ketones is 1. The van der Waals surface area contributed by atoms with Crippen LogP contribution in [0.1, 0.15) is 47.0 Å². The molecule has 0 spiro atoms. The smallest absolute Gasteiger partial charge is 0.408 e. The van der Waals surface area contributed by atoms with E-state index < -0.39 is 17.7 Å². The van der Waals surface area contributed by atoms with Crippen molar-refractivity contribution in [2.75, 3.05) is 5.88 Å².